The molecule has 0 aromatic heterocycles. The highest BCUT2D eigenvalue weighted by Gasteiger charge is 2.31. The number of ether oxygens (including phenoxy) is 3. The number of carbonyl (C=O) groups excluding carboxylic acids is 2. The van der Waals surface area contributed by atoms with E-state index < -0.39 is 5.91 Å². The first-order valence-electron chi connectivity index (χ1n) is 8.40. The van der Waals surface area contributed by atoms with E-state index in [4.69, 9.17) is 19.9 Å². The molecule has 3 rings (SSSR count). The molecule has 0 aliphatic carbocycles. The molecule has 1 fully saturated rings. The number of hydrogen-bond acceptors (Lipinski definition) is 5. The van der Waals surface area contributed by atoms with Crippen LogP contribution in [0.15, 0.2) is 30.3 Å². The minimum atomic E-state index is -0.542. The molecule has 2 amide bonds. The minimum Gasteiger partial charge on any atom is -0.496 e. The molecule has 2 aromatic rings. The molecule has 3 N–H and O–H groups in total. The predicted molar refractivity (Wildman–Crippen MR) is 96.5 cm³/mol. The van der Waals surface area contributed by atoms with Gasteiger partial charge in [0.1, 0.15) is 17.6 Å². The van der Waals surface area contributed by atoms with Crippen molar-refractivity contribution in [2.24, 2.45) is 5.73 Å². The van der Waals surface area contributed by atoms with E-state index in [0.29, 0.717) is 36.5 Å². The summed E-state index contributed by atoms with van der Waals surface area (Å²) in [5.74, 6) is 0.475. The molecule has 2 aromatic carbocycles. The molecular weight excluding hydrogens is 336 g/mol. The van der Waals surface area contributed by atoms with E-state index in [2.05, 4.69) is 5.32 Å². The number of rotatable bonds is 7. The van der Waals surface area contributed by atoms with E-state index in [-0.39, 0.29) is 18.1 Å². The Morgan fingerprint density at radius 3 is 2.73 bits per heavy atom. The van der Waals surface area contributed by atoms with Crippen LogP contribution in [0.3, 0.4) is 0 Å². The molecule has 1 aliphatic heterocycles. The van der Waals surface area contributed by atoms with Crippen molar-refractivity contribution in [2.75, 3.05) is 20.8 Å². The lowest BCUT2D eigenvalue weighted by atomic mass is 10.0. The van der Waals surface area contributed by atoms with Crippen molar-refractivity contribution in [2.45, 2.75) is 25.0 Å². The zero-order valence-corrected chi connectivity index (χ0v) is 14.8. The third kappa shape index (κ3) is 3.57. The van der Waals surface area contributed by atoms with Crippen molar-refractivity contribution in [3.05, 3.63) is 35.9 Å². The second-order valence-electron chi connectivity index (χ2n) is 6.20. The molecule has 0 saturated carbocycles. The average Bonchev–Trinajstić information content (AvgIpc) is 3.00. The van der Waals surface area contributed by atoms with Gasteiger partial charge in [-0.25, -0.2) is 0 Å². The van der Waals surface area contributed by atoms with Gasteiger partial charge in [-0.2, -0.15) is 0 Å². The fraction of sp³-hybridized carbons (Fsp3) is 0.368. The molecule has 7 nitrogen and oxygen atoms in total. The molecule has 1 aliphatic rings. The van der Waals surface area contributed by atoms with Gasteiger partial charge in [-0.15, -0.1) is 0 Å². The van der Waals surface area contributed by atoms with Crippen LogP contribution in [0.4, 0.5) is 0 Å². The molecule has 26 heavy (non-hydrogen) atoms. The van der Waals surface area contributed by atoms with Gasteiger partial charge in [-0.05, 0) is 23.6 Å². The molecule has 0 bridgehead atoms. The molecule has 1 heterocycles. The number of benzene rings is 2. The van der Waals surface area contributed by atoms with Crippen LogP contribution in [0.1, 0.15) is 23.2 Å². The Bertz CT molecular complexity index is 836. The van der Waals surface area contributed by atoms with Crippen molar-refractivity contribution in [3.8, 4) is 11.5 Å². The zero-order chi connectivity index (χ0) is 18.7. The third-order valence-electron chi connectivity index (χ3n) is 4.57. The number of nitrogens with one attached hydrogen (secondary N) is 1. The summed E-state index contributed by atoms with van der Waals surface area (Å²) >= 11 is 0. The number of fused-ring (bicyclic) bond motifs is 1. The van der Waals surface area contributed by atoms with E-state index in [1.54, 1.807) is 12.1 Å². The van der Waals surface area contributed by atoms with Crippen molar-refractivity contribution < 1.29 is 23.8 Å². The Balaban J connectivity index is 1.74. The summed E-state index contributed by atoms with van der Waals surface area (Å²) < 4.78 is 16.3. The quantitative estimate of drug-likeness (QED) is 0.783. The normalized spacial score (nSPS) is 19.4. The molecule has 0 spiro atoms. The van der Waals surface area contributed by atoms with Crippen LogP contribution in [0.25, 0.3) is 10.8 Å². The molecular formula is C19H22N2O5. The summed E-state index contributed by atoms with van der Waals surface area (Å²) in [6, 6.07) is 9.09. The van der Waals surface area contributed by atoms with E-state index in [1.807, 2.05) is 18.2 Å². The summed E-state index contributed by atoms with van der Waals surface area (Å²) in [4.78, 5) is 23.2. The molecule has 1 unspecified atom stereocenters. The van der Waals surface area contributed by atoms with Gasteiger partial charge in [0.2, 0.25) is 5.91 Å². The van der Waals surface area contributed by atoms with Gasteiger partial charge in [-0.3, -0.25) is 9.59 Å². The fourth-order valence-electron chi connectivity index (χ4n) is 3.19. The maximum Gasteiger partial charge on any atom is 0.252 e. The van der Waals surface area contributed by atoms with Crippen LogP contribution < -0.4 is 20.5 Å². The predicted octanol–water partition coefficient (Wildman–Crippen LogP) is 1.62. The summed E-state index contributed by atoms with van der Waals surface area (Å²) in [6.07, 6.45) is 0.941. The Morgan fingerprint density at radius 1 is 1.27 bits per heavy atom. The number of hydrogen-bond donors (Lipinski definition) is 2. The van der Waals surface area contributed by atoms with E-state index in [1.165, 1.54) is 14.2 Å². The first kappa shape index (κ1) is 18.0. The smallest absolute Gasteiger partial charge is 0.252 e. The lowest BCUT2D eigenvalue weighted by molar-refractivity contribution is -0.127. The second-order valence-corrected chi connectivity index (χ2v) is 6.20. The Hall–Kier alpha value is -2.80. The highest BCUT2D eigenvalue weighted by Crippen LogP contribution is 2.32. The highest BCUT2D eigenvalue weighted by atomic mass is 16.5. The maximum atomic E-state index is 11.7. The Morgan fingerprint density at radius 2 is 2.08 bits per heavy atom. The maximum absolute atomic E-state index is 11.7. The molecule has 1 saturated heterocycles. The highest BCUT2D eigenvalue weighted by molar-refractivity contribution is 6.02. The van der Waals surface area contributed by atoms with Gasteiger partial charge in [0.25, 0.3) is 5.91 Å². The number of primary amides is 1. The summed E-state index contributed by atoms with van der Waals surface area (Å²) in [6.45, 7) is 0.445. The topological polar surface area (TPSA) is 99.9 Å². The number of amides is 2. The number of carbonyl (C=O) groups is 2. The Kier molecular flexibility index (Phi) is 5.27. The van der Waals surface area contributed by atoms with Crippen LogP contribution in [0.5, 0.6) is 11.5 Å². The summed E-state index contributed by atoms with van der Waals surface area (Å²) in [5, 5.41) is 4.57. The van der Waals surface area contributed by atoms with Crippen LogP contribution in [0.2, 0.25) is 0 Å². The van der Waals surface area contributed by atoms with Crippen molar-refractivity contribution >= 4 is 22.6 Å². The van der Waals surface area contributed by atoms with E-state index in [0.717, 1.165) is 10.8 Å². The van der Waals surface area contributed by atoms with Crippen LogP contribution in [-0.4, -0.2) is 44.8 Å². The lowest BCUT2D eigenvalue weighted by Crippen LogP contribution is -2.29. The first-order valence-corrected chi connectivity index (χ1v) is 8.40. The van der Waals surface area contributed by atoms with Crippen LogP contribution in [-0.2, 0) is 9.53 Å². The lowest BCUT2D eigenvalue weighted by Gasteiger charge is -2.14. The molecule has 2 atom stereocenters. The van der Waals surface area contributed by atoms with Gasteiger partial charge in [0.05, 0.1) is 19.3 Å². The fourth-order valence-corrected chi connectivity index (χ4v) is 3.19. The number of nitrogens with two attached hydrogens (primary N) is 1. The average molecular weight is 358 g/mol. The monoisotopic (exact) mass is 358 g/mol. The number of methoxy groups -OCH3 is 2. The third-order valence-corrected chi connectivity index (χ3v) is 4.57. The van der Waals surface area contributed by atoms with Crippen molar-refractivity contribution in [1.82, 2.24) is 5.32 Å². The van der Waals surface area contributed by atoms with Gasteiger partial charge in [0.15, 0.2) is 0 Å². The van der Waals surface area contributed by atoms with Crippen LogP contribution in [0, 0.1) is 0 Å². The largest absolute Gasteiger partial charge is 0.496 e. The molecule has 7 heteroatoms. The SMILES string of the molecule is COc1cc2c(OCC[C@@H]3CC(OC)C(=O)N3)cccc2cc1C(N)=O. The minimum absolute atomic E-state index is 0.0402. The van der Waals surface area contributed by atoms with E-state index >= 15 is 0 Å². The van der Waals surface area contributed by atoms with Gasteiger partial charge < -0.3 is 25.3 Å². The van der Waals surface area contributed by atoms with Gasteiger partial charge >= 0.3 is 0 Å². The van der Waals surface area contributed by atoms with Crippen molar-refractivity contribution in [3.63, 3.8) is 0 Å². The molecule has 138 valence electrons. The van der Waals surface area contributed by atoms with Gasteiger partial charge in [0, 0.05) is 31.4 Å². The standard InChI is InChI=1S/C19H22N2O5/c1-24-16-10-13-11(8-14(16)18(20)22)4-3-5-15(13)26-7-6-12-9-17(25-2)19(23)21-12/h3-5,8,10,12,17H,6-7,9H2,1-2H3,(H2,20,22)(H,21,23)/t12-,17?/m1/s1. The second kappa shape index (κ2) is 7.61. The van der Waals surface area contributed by atoms with Gasteiger partial charge in [-0.1, -0.05) is 12.1 Å². The molecule has 0 radical (unpaired) electrons. The van der Waals surface area contributed by atoms with E-state index in [9.17, 15) is 9.59 Å². The first-order chi connectivity index (χ1) is 12.5. The zero-order valence-electron chi connectivity index (χ0n) is 14.8. The van der Waals surface area contributed by atoms with Crippen molar-refractivity contribution in [1.29, 1.82) is 0 Å². The van der Waals surface area contributed by atoms with Crippen LogP contribution >= 0.6 is 0 Å². The Labute approximate surface area is 151 Å². The summed E-state index contributed by atoms with van der Waals surface area (Å²) in [5.41, 5.74) is 5.74. The summed E-state index contributed by atoms with van der Waals surface area (Å²) in [7, 11) is 3.03.